The van der Waals surface area contributed by atoms with Crippen molar-refractivity contribution in [2.24, 2.45) is 0 Å². The second-order valence-corrected chi connectivity index (χ2v) is 4.95. The summed E-state index contributed by atoms with van der Waals surface area (Å²) < 4.78 is 0.844. The molecule has 100 valence electrons. The summed E-state index contributed by atoms with van der Waals surface area (Å²) in [6.07, 6.45) is -1.17. The van der Waals surface area contributed by atoms with E-state index in [1.165, 1.54) is 18.3 Å². The molecular weight excluding hydrogens is 268 g/mol. The minimum atomic E-state index is -1.33. The molecule has 0 aliphatic heterocycles. The number of amides is 1. The lowest BCUT2D eigenvalue weighted by Gasteiger charge is -2.16. The number of benzene rings is 1. The van der Waals surface area contributed by atoms with Gasteiger partial charge in [0.15, 0.2) is 6.04 Å². The Kier molecular flexibility index (Phi) is 3.77. The molecule has 0 aliphatic carbocycles. The Balaban J connectivity index is 2.21. The van der Waals surface area contributed by atoms with E-state index in [9.17, 15) is 14.7 Å². The first kappa shape index (κ1) is 13.4. The number of aliphatic hydroxyl groups is 1. The van der Waals surface area contributed by atoms with Gasteiger partial charge < -0.3 is 15.5 Å². The SMILES string of the molecule is C[C@@H](O)[C@H](NC(=O)c1ccc2ncsc2c1)C(=O)O. The Morgan fingerprint density at radius 3 is 2.79 bits per heavy atom. The van der Waals surface area contributed by atoms with Crippen LogP contribution in [0.25, 0.3) is 10.2 Å². The Bertz CT molecular complexity index is 623. The maximum atomic E-state index is 11.9. The first-order chi connectivity index (χ1) is 8.99. The lowest BCUT2D eigenvalue weighted by atomic mass is 10.1. The summed E-state index contributed by atoms with van der Waals surface area (Å²) in [5.74, 6) is -1.81. The van der Waals surface area contributed by atoms with Crippen molar-refractivity contribution in [2.75, 3.05) is 0 Å². The van der Waals surface area contributed by atoms with Gasteiger partial charge in [0.1, 0.15) is 0 Å². The highest BCUT2D eigenvalue weighted by Crippen LogP contribution is 2.19. The Morgan fingerprint density at radius 2 is 2.16 bits per heavy atom. The van der Waals surface area contributed by atoms with Crippen LogP contribution >= 0.6 is 11.3 Å². The standard InChI is InChI=1S/C12H12N2O4S/c1-6(15)10(12(17)18)14-11(16)7-2-3-8-9(4-7)19-5-13-8/h2-6,10,15H,1H3,(H,14,16)(H,17,18)/t6-,10+/m1/s1. The molecular formula is C12H12N2O4S. The van der Waals surface area contributed by atoms with Crippen LogP contribution in [0.5, 0.6) is 0 Å². The minimum Gasteiger partial charge on any atom is -0.480 e. The lowest BCUT2D eigenvalue weighted by molar-refractivity contribution is -0.141. The molecule has 2 aromatic rings. The molecule has 1 aromatic heterocycles. The van der Waals surface area contributed by atoms with Gasteiger partial charge in [0.2, 0.25) is 0 Å². The summed E-state index contributed by atoms with van der Waals surface area (Å²) in [7, 11) is 0. The van der Waals surface area contributed by atoms with E-state index in [1.54, 1.807) is 23.7 Å². The topological polar surface area (TPSA) is 99.5 Å². The molecule has 6 nitrogen and oxygen atoms in total. The molecule has 1 amide bonds. The van der Waals surface area contributed by atoms with Crippen LogP contribution in [0.4, 0.5) is 0 Å². The molecule has 1 heterocycles. The van der Waals surface area contributed by atoms with Gasteiger partial charge in [-0.1, -0.05) is 0 Å². The minimum absolute atomic E-state index is 0.337. The second-order valence-electron chi connectivity index (χ2n) is 4.06. The van der Waals surface area contributed by atoms with Crippen molar-refractivity contribution in [1.82, 2.24) is 10.3 Å². The predicted octanol–water partition coefficient (Wildman–Crippen LogP) is 0.860. The van der Waals surface area contributed by atoms with Crippen molar-refractivity contribution < 1.29 is 19.8 Å². The number of carboxylic acid groups (broad SMARTS) is 1. The zero-order valence-electron chi connectivity index (χ0n) is 10.0. The zero-order chi connectivity index (χ0) is 14.0. The molecule has 0 saturated heterocycles. The molecule has 2 atom stereocenters. The molecule has 2 rings (SSSR count). The molecule has 0 fully saturated rings. The largest absolute Gasteiger partial charge is 0.480 e. The molecule has 0 radical (unpaired) electrons. The molecule has 19 heavy (non-hydrogen) atoms. The molecule has 0 aliphatic rings. The van der Waals surface area contributed by atoms with Gasteiger partial charge in [-0.05, 0) is 25.1 Å². The number of rotatable bonds is 4. The second kappa shape index (κ2) is 5.33. The highest BCUT2D eigenvalue weighted by molar-refractivity contribution is 7.16. The molecule has 0 unspecified atom stereocenters. The number of thiazole rings is 1. The van der Waals surface area contributed by atoms with E-state index in [1.807, 2.05) is 0 Å². The van der Waals surface area contributed by atoms with E-state index in [0.717, 1.165) is 10.2 Å². The third kappa shape index (κ3) is 2.88. The average Bonchev–Trinajstić information content (AvgIpc) is 2.81. The summed E-state index contributed by atoms with van der Waals surface area (Å²) in [6, 6.07) is 3.57. The number of nitrogens with zero attached hydrogens (tertiary/aromatic N) is 1. The van der Waals surface area contributed by atoms with Gasteiger partial charge in [0.25, 0.3) is 5.91 Å². The third-order valence-electron chi connectivity index (χ3n) is 2.63. The van der Waals surface area contributed by atoms with Crippen molar-refractivity contribution in [1.29, 1.82) is 0 Å². The van der Waals surface area contributed by atoms with Gasteiger partial charge >= 0.3 is 5.97 Å². The van der Waals surface area contributed by atoms with E-state index in [0.29, 0.717) is 5.56 Å². The number of aliphatic hydroxyl groups excluding tert-OH is 1. The van der Waals surface area contributed by atoms with Crippen LogP contribution in [0.1, 0.15) is 17.3 Å². The van der Waals surface area contributed by atoms with Gasteiger partial charge in [-0.2, -0.15) is 0 Å². The van der Waals surface area contributed by atoms with E-state index in [2.05, 4.69) is 10.3 Å². The van der Waals surface area contributed by atoms with Gasteiger partial charge in [0.05, 0.1) is 21.8 Å². The van der Waals surface area contributed by atoms with Crippen LogP contribution in [-0.2, 0) is 4.79 Å². The van der Waals surface area contributed by atoms with Gasteiger partial charge in [-0.3, -0.25) is 4.79 Å². The first-order valence-electron chi connectivity index (χ1n) is 5.54. The van der Waals surface area contributed by atoms with Gasteiger partial charge in [0, 0.05) is 5.56 Å². The number of aliphatic carboxylic acids is 1. The summed E-state index contributed by atoms with van der Waals surface area (Å²) in [4.78, 5) is 26.9. The van der Waals surface area contributed by atoms with Gasteiger partial charge in [-0.15, -0.1) is 11.3 Å². The van der Waals surface area contributed by atoms with Crippen molar-refractivity contribution >= 4 is 33.4 Å². The quantitative estimate of drug-likeness (QED) is 0.771. The molecule has 0 bridgehead atoms. The fourth-order valence-corrected chi connectivity index (χ4v) is 2.33. The number of nitrogens with one attached hydrogen (secondary N) is 1. The predicted molar refractivity (Wildman–Crippen MR) is 70.2 cm³/mol. The van der Waals surface area contributed by atoms with Crippen LogP contribution in [0.15, 0.2) is 23.7 Å². The lowest BCUT2D eigenvalue weighted by Crippen LogP contribution is -2.47. The summed E-state index contributed by atoms with van der Waals surface area (Å²) in [6.45, 7) is 1.31. The van der Waals surface area contributed by atoms with E-state index >= 15 is 0 Å². The number of carbonyl (C=O) groups is 2. The average molecular weight is 280 g/mol. The number of aromatic nitrogens is 1. The van der Waals surface area contributed by atoms with Crippen molar-refractivity contribution in [2.45, 2.75) is 19.1 Å². The normalized spacial score (nSPS) is 14.0. The third-order valence-corrected chi connectivity index (χ3v) is 3.42. The van der Waals surface area contributed by atoms with Crippen molar-refractivity contribution in [3.05, 3.63) is 29.3 Å². The molecule has 3 N–H and O–H groups in total. The summed E-state index contributed by atoms with van der Waals surface area (Å²) in [5.41, 5.74) is 2.79. The molecule has 1 aromatic carbocycles. The molecule has 7 heteroatoms. The highest BCUT2D eigenvalue weighted by atomic mass is 32.1. The van der Waals surface area contributed by atoms with Gasteiger partial charge in [-0.25, -0.2) is 9.78 Å². The molecule has 0 spiro atoms. The fraction of sp³-hybridized carbons (Fsp3) is 0.250. The first-order valence-corrected chi connectivity index (χ1v) is 6.42. The van der Waals surface area contributed by atoms with Crippen molar-refractivity contribution in [3.63, 3.8) is 0 Å². The maximum absolute atomic E-state index is 11.9. The number of hydrogen-bond donors (Lipinski definition) is 3. The van der Waals surface area contributed by atoms with Crippen LogP contribution in [0, 0.1) is 0 Å². The number of hydrogen-bond acceptors (Lipinski definition) is 5. The summed E-state index contributed by atoms with van der Waals surface area (Å²) >= 11 is 1.39. The zero-order valence-corrected chi connectivity index (χ0v) is 10.8. The number of fused-ring (bicyclic) bond motifs is 1. The molecule has 0 saturated carbocycles. The van der Waals surface area contributed by atoms with Crippen molar-refractivity contribution in [3.8, 4) is 0 Å². The summed E-state index contributed by atoms with van der Waals surface area (Å²) in [5, 5.41) is 20.5. The Labute approximate surface area is 112 Å². The fourth-order valence-electron chi connectivity index (χ4n) is 1.61. The number of carbonyl (C=O) groups excluding carboxylic acids is 1. The van der Waals surface area contributed by atoms with E-state index in [-0.39, 0.29) is 0 Å². The van der Waals surface area contributed by atoms with E-state index in [4.69, 9.17) is 5.11 Å². The Morgan fingerprint density at radius 1 is 1.42 bits per heavy atom. The van der Waals surface area contributed by atoms with E-state index < -0.39 is 24.0 Å². The smallest absolute Gasteiger partial charge is 0.328 e. The maximum Gasteiger partial charge on any atom is 0.328 e. The van der Waals surface area contributed by atoms with Crippen LogP contribution in [-0.4, -0.2) is 39.2 Å². The van der Waals surface area contributed by atoms with Crippen LogP contribution in [0.3, 0.4) is 0 Å². The van der Waals surface area contributed by atoms with Crippen LogP contribution < -0.4 is 5.32 Å². The monoisotopic (exact) mass is 280 g/mol. The number of carboxylic acids is 1. The van der Waals surface area contributed by atoms with Crippen LogP contribution in [0.2, 0.25) is 0 Å². The highest BCUT2D eigenvalue weighted by Gasteiger charge is 2.25. The Hall–Kier alpha value is -1.99.